The standard InChI is InChI=1S/C28H37NO4/c1-19(2)28(13-15-33-25-10-7-22(8-11-25)27(31)32)12-14-29(18-21-4-5-21)20(3)16-23-6-9-24(30)17-26(23)28/h6-11,17,19-21,30H,4-5,12-16,18H2,1-3H3,(H,31,32)/t20?,28-/m1/s1. The fourth-order valence-electron chi connectivity index (χ4n) is 5.45. The topological polar surface area (TPSA) is 70.0 Å². The molecule has 0 radical (unpaired) electrons. The Morgan fingerprint density at radius 3 is 2.55 bits per heavy atom. The summed E-state index contributed by atoms with van der Waals surface area (Å²) in [4.78, 5) is 13.8. The second-order valence-corrected chi connectivity index (χ2v) is 10.3. The van der Waals surface area contributed by atoms with E-state index in [1.165, 1.54) is 30.5 Å². The summed E-state index contributed by atoms with van der Waals surface area (Å²) in [6.07, 6.45) is 5.58. The largest absolute Gasteiger partial charge is 0.508 e. The molecule has 5 nitrogen and oxygen atoms in total. The lowest BCUT2D eigenvalue weighted by Crippen LogP contribution is -2.45. The smallest absolute Gasteiger partial charge is 0.335 e. The van der Waals surface area contributed by atoms with Gasteiger partial charge in [0, 0.05) is 18.0 Å². The summed E-state index contributed by atoms with van der Waals surface area (Å²) in [6.45, 7) is 9.69. The predicted molar refractivity (Wildman–Crippen MR) is 130 cm³/mol. The summed E-state index contributed by atoms with van der Waals surface area (Å²) in [6, 6.07) is 13.0. The van der Waals surface area contributed by atoms with Gasteiger partial charge >= 0.3 is 5.97 Å². The minimum absolute atomic E-state index is 0.100. The quantitative estimate of drug-likeness (QED) is 0.555. The second-order valence-electron chi connectivity index (χ2n) is 10.3. The molecule has 2 N–H and O–H groups in total. The molecular weight excluding hydrogens is 414 g/mol. The van der Waals surface area contributed by atoms with Crippen LogP contribution in [0.15, 0.2) is 42.5 Å². The number of carboxylic acid groups (broad SMARTS) is 1. The number of carbonyl (C=O) groups is 1. The number of aromatic carboxylic acids is 1. The Kier molecular flexibility index (Phi) is 6.99. The van der Waals surface area contributed by atoms with E-state index >= 15 is 0 Å². The molecule has 0 saturated heterocycles. The summed E-state index contributed by atoms with van der Waals surface area (Å²) in [7, 11) is 0. The van der Waals surface area contributed by atoms with Crippen molar-refractivity contribution in [2.24, 2.45) is 11.8 Å². The average molecular weight is 452 g/mol. The van der Waals surface area contributed by atoms with E-state index in [2.05, 4.69) is 31.7 Å². The first kappa shape index (κ1) is 23.6. The Labute approximate surface area is 197 Å². The number of hydrogen-bond donors (Lipinski definition) is 2. The molecule has 0 aromatic heterocycles. The van der Waals surface area contributed by atoms with E-state index in [4.69, 9.17) is 9.84 Å². The summed E-state index contributed by atoms with van der Waals surface area (Å²) in [5, 5.41) is 19.5. The van der Waals surface area contributed by atoms with Crippen LogP contribution in [0, 0.1) is 11.8 Å². The third kappa shape index (κ3) is 5.35. The number of carboxylic acids is 1. The van der Waals surface area contributed by atoms with Crippen molar-refractivity contribution in [2.75, 3.05) is 19.7 Å². The van der Waals surface area contributed by atoms with Crippen molar-refractivity contribution in [3.8, 4) is 11.5 Å². The molecule has 0 bridgehead atoms. The van der Waals surface area contributed by atoms with Crippen LogP contribution in [-0.2, 0) is 11.8 Å². The minimum atomic E-state index is -0.934. The molecule has 5 heteroatoms. The van der Waals surface area contributed by atoms with Gasteiger partial charge in [0.1, 0.15) is 11.5 Å². The van der Waals surface area contributed by atoms with E-state index in [-0.39, 0.29) is 11.0 Å². The van der Waals surface area contributed by atoms with Gasteiger partial charge in [0.2, 0.25) is 0 Å². The van der Waals surface area contributed by atoms with Crippen LogP contribution in [0.25, 0.3) is 0 Å². The first-order valence-electron chi connectivity index (χ1n) is 12.3. The number of phenolic OH excluding ortho intramolecular Hbond substituents is 1. The first-order chi connectivity index (χ1) is 15.8. The van der Waals surface area contributed by atoms with E-state index in [1.54, 1.807) is 24.3 Å². The maximum absolute atomic E-state index is 11.1. The Balaban J connectivity index is 1.58. The van der Waals surface area contributed by atoms with Gasteiger partial charge in [-0.15, -0.1) is 0 Å². The first-order valence-corrected chi connectivity index (χ1v) is 12.3. The normalized spacial score (nSPS) is 23.6. The molecule has 0 spiro atoms. The highest BCUT2D eigenvalue weighted by Crippen LogP contribution is 2.44. The third-order valence-corrected chi connectivity index (χ3v) is 7.83. The second kappa shape index (κ2) is 9.76. The van der Waals surface area contributed by atoms with Crippen LogP contribution in [0.5, 0.6) is 11.5 Å². The van der Waals surface area contributed by atoms with Crippen LogP contribution in [0.4, 0.5) is 0 Å². The molecule has 33 heavy (non-hydrogen) atoms. The lowest BCUT2D eigenvalue weighted by Gasteiger charge is -2.45. The van der Waals surface area contributed by atoms with Gasteiger partial charge in [0.25, 0.3) is 0 Å². The maximum atomic E-state index is 11.1. The van der Waals surface area contributed by atoms with Crippen molar-refractivity contribution in [3.05, 3.63) is 59.2 Å². The Morgan fingerprint density at radius 1 is 1.18 bits per heavy atom. The lowest BCUT2D eigenvalue weighted by molar-refractivity contribution is 0.0697. The lowest BCUT2D eigenvalue weighted by atomic mass is 9.64. The van der Waals surface area contributed by atoms with Gasteiger partial charge in [-0.05, 0) is 105 Å². The van der Waals surface area contributed by atoms with Crippen LogP contribution in [0.2, 0.25) is 0 Å². The summed E-state index contributed by atoms with van der Waals surface area (Å²) in [5.41, 5.74) is 2.76. The van der Waals surface area contributed by atoms with Crippen molar-refractivity contribution in [1.29, 1.82) is 0 Å². The third-order valence-electron chi connectivity index (χ3n) is 7.83. The van der Waals surface area contributed by atoms with Crippen LogP contribution in [0.3, 0.4) is 0 Å². The average Bonchev–Trinajstić information content (AvgIpc) is 3.60. The summed E-state index contributed by atoms with van der Waals surface area (Å²) < 4.78 is 6.09. The monoisotopic (exact) mass is 451 g/mol. The molecule has 1 fully saturated rings. The number of hydrogen-bond acceptors (Lipinski definition) is 4. The number of rotatable bonds is 8. The number of nitrogens with zero attached hydrogens (tertiary/aromatic N) is 1. The van der Waals surface area contributed by atoms with E-state index < -0.39 is 5.97 Å². The zero-order valence-corrected chi connectivity index (χ0v) is 20.1. The molecule has 4 rings (SSSR count). The van der Waals surface area contributed by atoms with Gasteiger partial charge in [0.05, 0.1) is 12.2 Å². The van der Waals surface area contributed by atoms with Gasteiger partial charge in [-0.25, -0.2) is 4.79 Å². The fourth-order valence-corrected chi connectivity index (χ4v) is 5.45. The number of benzene rings is 2. The highest BCUT2D eigenvalue weighted by Gasteiger charge is 2.40. The Hall–Kier alpha value is -2.53. The highest BCUT2D eigenvalue weighted by atomic mass is 16.5. The van der Waals surface area contributed by atoms with E-state index in [0.717, 1.165) is 31.7 Å². The molecule has 0 amide bonds. The van der Waals surface area contributed by atoms with Crippen molar-refractivity contribution < 1.29 is 19.7 Å². The molecule has 1 aliphatic heterocycles. The van der Waals surface area contributed by atoms with Gasteiger partial charge in [-0.1, -0.05) is 19.9 Å². The van der Waals surface area contributed by atoms with Crippen LogP contribution in [0.1, 0.15) is 67.9 Å². The predicted octanol–water partition coefficient (Wildman–Crippen LogP) is 5.50. The van der Waals surface area contributed by atoms with Gasteiger partial charge in [-0.2, -0.15) is 0 Å². The molecule has 1 saturated carbocycles. The SMILES string of the molecule is CC1Cc2ccc(O)cc2[C@](CCOc2ccc(C(=O)O)cc2)(C(C)C)CCN1CC1CC1. The highest BCUT2D eigenvalue weighted by molar-refractivity contribution is 5.87. The summed E-state index contributed by atoms with van der Waals surface area (Å²) in [5.74, 6) is 1.32. The van der Waals surface area contributed by atoms with Crippen LogP contribution >= 0.6 is 0 Å². The number of ether oxygens (including phenoxy) is 1. The molecule has 2 aromatic carbocycles. The Morgan fingerprint density at radius 2 is 1.91 bits per heavy atom. The molecule has 2 aliphatic rings. The molecule has 178 valence electrons. The zero-order chi connectivity index (χ0) is 23.6. The Bertz CT molecular complexity index is 966. The molecule has 1 heterocycles. The minimum Gasteiger partial charge on any atom is -0.508 e. The number of fused-ring (bicyclic) bond motifs is 1. The molecule has 1 unspecified atom stereocenters. The molecule has 2 atom stereocenters. The van der Waals surface area contributed by atoms with Crippen LogP contribution < -0.4 is 4.74 Å². The summed E-state index contributed by atoms with van der Waals surface area (Å²) >= 11 is 0. The van der Waals surface area contributed by atoms with Gasteiger partial charge in [-0.3, -0.25) is 0 Å². The molecule has 2 aromatic rings. The molecule has 1 aliphatic carbocycles. The van der Waals surface area contributed by atoms with Gasteiger partial charge in [0.15, 0.2) is 0 Å². The van der Waals surface area contributed by atoms with Crippen molar-refractivity contribution in [3.63, 3.8) is 0 Å². The van der Waals surface area contributed by atoms with E-state index in [0.29, 0.717) is 30.1 Å². The van der Waals surface area contributed by atoms with E-state index in [9.17, 15) is 9.90 Å². The number of aromatic hydroxyl groups is 1. The number of phenols is 1. The van der Waals surface area contributed by atoms with E-state index in [1.807, 2.05) is 12.1 Å². The van der Waals surface area contributed by atoms with Gasteiger partial charge < -0.3 is 19.8 Å². The van der Waals surface area contributed by atoms with Crippen LogP contribution in [-0.4, -0.2) is 46.8 Å². The van der Waals surface area contributed by atoms with Crippen molar-refractivity contribution in [2.45, 2.75) is 64.3 Å². The zero-order valence-electron chi connectivity index (χ0n) is 20.1. The fraction of sp³-hybridized carbons (Fsp3) is 0.536. The maximum Gasteiger partial charge on any atom is 0.335 e. The van der Waals surface area contributed by atoms with Crippen molar-refractivity contribution in [1.82, 2.24) is 4.90 Å². The molecular formula is C28H37NO4. The van der Waals surface area contributed by atoms with Crippen molar-refractivity contribution >= 4 is 5.97 Å².